The van der Waals surface area contributed by atoms with Crippen molar-refractivity contribution in [3.8, 4) is 5.75 Å². The Morgan fingerprint density at radius 3 is 2.47 bits per heavy atom. The lowest BCUT2D eigenvalue weighted by Crippen LogP contribution is -2.20. The monoisotopic (exact) mass is 431 g/mol. The van der Waals surface area contributed by atoms with Gasteiger partial charge in [-0.2, -0.15) is 26.3 Å². The predicted molar refractivity (Wildman–Crippen MR) is 96.5 cm³/mol. The second-order valence-corrected chi connectivity index (χ2v) is 6.49. The number of nitrogens with zero attached hydrogens (tertiary/aromatic N) is 2. The number of rotatable bonds is 5. The molecular weight excluding hydrogens is 416 g/mol. The van der Waals surface area contributed by atoms with Crippen molar-refractivity contribution in [2.24, 2.45) is 0 Å². The van der Waals surface area contributed by atoms with Gasteiger partial charge in [-0.15, -0.1) is 0 Å². The molecule has 3 rings (SSSR count). The third-order valence-corrected chi connectivity index (χ3v) is 4.02. The Labute approximate surface area is 165 Å². The van der Waals surface area contributed by atoms with Gasteiger partial charge in [-0.3, -0.25) is 9.20 Å². The van der Waals surface area contributed by atoms with Gasteiger partial charge in [-0.1, -0.05) is 6.07 Å². The largest absolute Gasteiger partial charge is 0.482 e. The van der Waals surface area contributed by atoms with Crippen LogP contribution in [0.5, 0.6) is 5.75 Å². The Morgan fingerprint density at radius 2 is 1.80 bits per heavy atom. The van der Waals surface area contributed by atoms with Crippen LogP contribution in [0.2, 0.25) is 0 Å². The van der Waals surface area contributed by atoms with E-state index in [0.29, 0.717) is 17.8 Å². The van der Waals surface area contributed by atoms with Crippen molar-refractivity contribution in [3.05, 3.63) is 69.8 Å². The van der Waals surface area contributed by atoms with Gasteiger partial charge >= 0.3 is 12.4 Å². The van der Waals surface area contributed by atoms with Crippen molar-refractivity contribution in [2.45, 2.75) is 25.8 Å². The van der Waals surface area contributed by atoms with E-state index in [0.717, 1.165) is 11.6 Å². The molecule has 0 saturated heterocycles. The normalized spacial score (nSPS) is 12.2. The number of hydrogen-bond acceptors (Lipinski definition) is 4. The number of ether oxygens (including phenoxy) is 1. The van der Waals surface area contributed by atoms with Gasteiger partial charge in [0.2, 0.25) is 0 Å². The number of benzene rings is 1. The molecule has 1 aromatic carbocycles. The van der Waals surface area contributed by atoms with E-state index in [1.54, 1.807) is 25.3 Å². The molecule has 160 valence electrons. The van der Waals surface area contributed by atoms with Gasteiger partial charge in [0.15, 0.2) is 6.61 Å². The number of halogens is 6. The molecule has 0 aliphatic carbocycles. The lowest BCUT2D eigenvalue weighted by Gasteiger charge is -2.17. The van der Waals surface area contributed by atoms with Crippen molar-refractivity contribution in [1.29, 1.82) is 0 Å². The first kappa shape index (κ1) is 21.5. The maximum Gasteiger partial charge on any atom is 0.422 e. The van der Waals surface area contributed by atoms with E-state index in [-0.39, 0.29) is 17.9 Å². The van der Waals surface area contributed by atoms with Gasteiger partial charge < -0.3 is 10.1 Å². The molecule has 3 aromatic rings. The first-order valence-electron chi connectivity index (χ1n) is 8.56. The van der Waals surface area contributed by atoms with E-state index in [9.17, 15) is 31.1 Å². The highest BCUT2D eigenvalue weighted by molar-refractivity contribution is 5.59. The summed E-state index contributed by atoms with van der Waals surface area (Å²) in [6.45, 7) is -0.0806. The average molecular weight is 431 g/mol. The first-order chi connectivity index (χ1) is 13.9. The minimum Gasteiger partial charge on any atom is -0.482 e. The number of anilines is 1. The van der Waals surface area contributed by atoms with Crippen molar-refractivity contribution in [2.75, 3.05) is 11.9 Å². The molecule has 11 heteroatoms. The maximum atomic E-state index is 13.0. The molecule has 0 radical (unpaired) electrons. The average Bonchev–Trinajstić information content (AvgIpc) is 2.64. The summed E-state index contributed by atoms with van der Waals surface area (Å²) in [6.07, 6.45) is -7.78. The molecule has 0 aliphatic rings. The van der Waals surface area contributed by atoms with Gasteiger partial charge in [-0.25, -0.2) is 4.98 Å². The van der Waals surface area contributed by atoms with Crippen molar-refractivity contribution < 1.29 is 31.1 Å². The van der Waals surface area contributed by atoms with E-state index in [2.05, 4.69) is 15.0 Å². The molecule has 2 heterocycles. The number of fused-ring (bicyclic) bond motifs is 1. The van der Waals surface area contributed by atoms with Crippen LogP contribution in [0.1, 0.15) is 16.8 Å². The zero-order valence-corrected chi connectivity index (χ0v) is 15.4. The molecule has 0 atom stereocenters. The molecule has 0 saturated carbocycles. The second kappa shape index (κ2) is 7.88. The lowest BCUT2D eigenvalue weighted by molar-refractivity contribution is -0.153. The minimum atomic E-state index is -4.70. The highest BCUT2D eigenvalue weighted by Gasteiger charge is 2.32. The number of hydrogen-bond donors (Lipinski definition) is 1. The Kier molecular flexibility index (Phi) is 5.64. The molecule has 0 bridgehead atoms. The zero-order valence-electron chi connectivity index (χ0n) is 15.4. The third kappa shape index (κ3) is 5.22. The minimum absolute atomic E-state index is 0.197. The Hall–Kier alpha value is -3.24. The van der Waals surface area contributed by atoms with Gasteiger partial charge in [0.25, 0.3) is 5.56 Å². The van der Waals surface area contributed by atoms with Crippen LogP contribution in [0.15, 0.2) is 47.4 Å². The molecule has 30 heavy (non-hydrogen) atoms. The second-order valence-electron chi connectivity index (χ2n) is 6.49. The maximum absolute atomic E-state index is 13.0. The summed E-state index contributed by atoms with van der Waals surface area (Å²) in [7, 11) is 0. The summed E-state index contributed by atoms with van der Waals surface area (Å²) in [5.41, 5.74) is -0.428. The quantitative estimate of drug-likeness (QED) is 0.602. The summed E-state index contributed by atoms with van der Waals surface area (Å²) in [5.74, 6) is -0.409. The van der Waals surface area contributed by atoms with E-state index in [4.69, 9.17) is 0 Å². The van der Waals surface area contributed by atoms with Crippen molar-refractivity contribution >= 4 is 11.3 Å². The fourth-order valence-corrected chi connectivity index (χ4v) is 2.66. The number of alkyl halides is 6. The molecule has 0 fully saturated rings. The zero-order chi connectivity index (χ0) is 22.1. The van der Waals surface area contributed by atoms with Crippen LogP contribution in [0.25, 0.3) is 5.65 Å². The van der Waals surface area contributed by atoms with Gasteiger partial charge in [0, 0.05) is 12.3 Å². The van der Waals surface area contributed by atoms with E-state index < -0.39 is 35.8 Å². The van der Waals surface area contributed by atoms with E-state index in [1.165, 1.54) is 10.5 Å². The van der Waals surface area contributed by atoms with Crippen LogP contribution in [0, 0.1) is 6.92 Å². The van der Waals surface area contributed by atoms with Crippen LogP contribution in [-0.2, 0) is 12.7 Å². The highest BCUT2D eigenvalue weighted by atomic mass is 19.4. The Morgan fingerprint density at radius 1 is 1.07 bits per heavy atom. The van der Waals surface area contributed by atoms with Crippen LogP contribution in [-0.4, -0.2) is 22.2 Å². The predicted octanol–water partition coefficient (Wildman–Crippen LogP) is 4.57. The summed E-state index contributed by atoms with van der Waals surface area (Å²) < 4.78 is 82.2. The summed E-state index contributed by atoms with van der Waals surface area (Å²) >= 11 is 0. The summed E-state index contributed by atoms with van der Waals surface area (Å²) in [5, 5.41) is 2.58. The smallest absolute Gasteiger partial charge is 0.422 e. The Balaban J connectivity index is 1.89. The molecular formula is C19H15F6N3O2. The molecule has 0 amide bonds. The number of aromatic nitrogens is 2. The third-order valence-electron chi connectivity index (χ3n) is 4.02. The summed E-state index contributed by atoms with van der Waals surface area (Å²) in [4.78, 5) is 16.5. The molecule has 0 aliphatic heterocycles. The standard InChI is InChI=1S/C19H15F6N3O2/c1-11-2-5-16-27-13(7-17(29)28(16)9-11)8-26-14-6-12(19(23,24)25)3-4-15(14)30-10-18(20,21)22/h2-7,9,26H,8,10H2,1H3. The van der Waals surface area contributed by atoms with E-state index >= 15 is 0 Å². The lowest BCUT2D eigenvalue weighted by atomic mass is 10.1. The van der Waals surface area contributed by atoms with Crippen LogP contribution in [0.3, 0.4) is 0 Å². The Bertz CT molecular complexity index is 1120. The topological polar surface area (TPSA) is 55.6 Å². The number of aryl methyl sites for hydroxylation is 1. The van der Waals surface area contributed by atoms with Gasteiger partial charge in [0.1, 0.15) is 11.4 Å². The molecule has 1 N–H and O–H groups in total. The van der Waals surface area contributed by atoms with Gasteiger partial charge in [-0.05, 0) is 36.8 Å². The number of pyridine rings is 1. The molecule has 0 spiro atoms. The van der Waals surface area contributed by atoms with Gasteiger partial charge in [0.05, 0.1) is 23.5 Å². The molecule has 0 unspecified atom stereocenters. The summed E-state index contributed by atoms with van der Waals surface area (Å²) in [6, 6.07) is 6.59. The van der Waals surface area contributed by atoms with E-state index in [1.807, 2.05) is 0 Å². The van der Waals surface area contributed by atoms with Crippen LogP contribution in [0.4, 0.5) is 32.0 Å². The fraction of sp³-hybridized carbons (Fsp3) is 0.263. The molecule has 2 aromatic heterocycles. The van der Waals surface area contributed by atoms with Crippen LogP contribution >= 0.6 is 0 Å². The van der Waals surface area contributed by atoms with Crippen LogP contribution < -0.4 is 15.6 Å². The van der Waals surface area contributed by atoms with Crippen molar-refractivity contribution in [3.63, 3.8) is 0 Å². The number of nitrogens with one attached hydrogen (secondary N) is 1. The van der Waals surface area contributed by atoms with Crippen molar-refractivity contribution in [1.82, 2.24) is 9.38 Å². The highest BCUT2D eigenvalue weighted by Crippen LogP contribution is 2.35. The fourth-order valence-electron chi connectivity index (χ4n) is 2.66. The first-order valence-corrected chi connectivity index (χ1v) is 8.56. The molecule has 5 nitrogen and oxygen atoms in total. The SMILES string of the molecule is Cc1ccc2nc(CNc3cc(C(F)(F)F)ccc3OCC(F)(F)F)cc(=O)n2c1.